The fourth-order valence-corrected chi connectivity index (χ4v) is 2.41. The van der Waals surface area contributed by atoms with E-state index in [4.69, 9.17) is 11.6 Å². The maximum absolute atomic E-state index is 12.2. The number of aryl methyl sites for hydroxylation is 1. The Bertz CT molecular complexity index is 824. The average Bonchev–Trinajstić information content (AvgIpc) is 2.96. The van der Waals surface area contributed by atoms with Crippen LogP contribution in [0.3, 0.4) is 0 Å². The molecule has 1 aromatic heterocycles. The highest BCUT2D eigenvalue weighted by Crippen LogP contribution is 2.13. The zero-order chi connectivity index (χ0) is 16.2. The van der Waals surface area contributed by atoms with Gasteiger partial charge in [-0.1, -0.05) is 41.4 Å². The number of halogens is 1. The van der Waals surface area contributed by atoms with Gasteiger partial charge in [0, 0.05) is 16.8 Å². The second kappa shape index (κ2) is 6.67. The van der Waals surface area contributed by atoms with Crippen molar-refractivity contribution in [3.8, 4) is 0 Å². The maximum atomic E-state index is 12.2. The number of carbonyl (C=O) groups is 1. The Morgan fingerprint density at radius 2 is 2.00 bits per heavy atom. The first kappa shape index (κ1) is 15.3. The van der Waals surface area contributed by atoms with E-state index in [1.54, 1.807) is 16.9 Å². The van der Waals surface area contributed by atoms with Crippen LogP contribution in [0.15, 0.2) is 60.9 Å². The van der Waals surface area contributed by atoms with Gasteiger partial charge < -0.3 is 5.32 Å². The lowest BCUT2D eigenvalue weighted by Crippen LogP contribution is -2.11. The van der Waals surface area contributed by atoms with Gasteiger partial charge in [0.2, 0.25) is 0 Å². The monoisotopic (exact) mass is 325 g/mol. The number of rotatable bonds is 4. The summed E-state index contributed by atoms with van der Waals surface area (Å²) in [6, 6.07) is 15.1. The zero-order valence-corrected chi connectivity index (χ0v) is 13.4. The van der Waals surface area contributed by atoms with Crippen molar-refractivity contribution in [1.82, 2.24) is 9.78 Å². The van der Waals surface area contributed by atoms with Gasteiger partial charge in [-0.05, 0) is 36.8 Å². The summed E-state index contributed by atoms with van der Waals surface area (Å²) in [6.45, 7) is 2.58. The molecule has 116 valence electrons. The minimum atomic E-state index is -0.139. The van der Waals surface area contributed by atoms with Crippen molar-refractivity contribution >= 4 is 23.2 Å². The lowest BCUT2D eigenvalue weighted by molar-refractivity contribution is 0.102. The molecule has 0 unspecified atom stereocenters. The van der Waals surface area contributed by atoms with Crippen molar-refractivity contribution in [3.63, 3.8) is 0 Å². The smallest absolute Gasteiger partial charge is 0.255 e. The van der Waals surface area contributed by atoms with Crippen molar-refractivity contribution in [2.45, 2.75) is 13.5 Å². The number of nitrogens with one attached hydrogen (secondary N) is 1. The van der Waals surface area contributed by atoms with Crippen molar-refractivity contribution in [2.75, 3.05) is 5.32 Å². The van der Waals surface area contributed by atoms with E-state index < -0.39 is 0 Å². The van der Waals surface area contributed by atoms with Gasteiger partial charge in [-0.2, -0.15) is 5.10 Å². The predicted molar refractivity (Wildman–Crippen MR) is 91.9 cm³/mol. The normalized spacial score (nSPS) is 10.5. The van der Waals surface area contributed by atoms with E-state index in [2.05, 4.69) is 10.4 Å². The molecule has 3 rings (SSSR count). The third-order valence-corrected chi connectivity index (χ3v) is 3.68. The van der Waals surface area contributed by atoms with Crippen LogP contribution in [0.1, 0.15) is 21.5 Å². The summed E-state index contributed by atoms with van der Waals surface area (Å²) >= 11 is 5.88. The van der Waals surface area contributed by atoms with Crippen LogP contribution in [-0.4, -0.2) is 15.7 Å². The molecule has 0 radical (unpaired) electrons. The highest BCUT2D eigenvalue weighted by atomic mass is 35.5. The van der Waals surface area contributed by atoms with E-state index in [0.717, 1.165) is 11.1 Å². The van der Waals surface area contributed by atoms with Crippen LogP contribution in [0.4, 0.5) is 5.69 Å². The Kier molecular flexibility index (Phi) is 4.44. The molecular weight excluding hydrogens is 310 g/mol. The Balaban J connectivity index is 1.67. The van der Waals surface area contributed by atoms with E-state index in [1.165, 1.54) is 0 Å². The van der Waals surface area contributed by atoms with Crippen LogP contribution < -0.4 is 5.32 Å². The maximum Gasteiger partial charge on any atom is 0.255 e. The molecule has 0 aliphatic carbocycles. The summed E-state index contributed by atoms with van der Waals surface area (Å²) in [5.41, 5.74) is 3.45. The van der Waals surface area contributed by atoms with Crippen LogP contribution in [0.25, 0.3) is 0 Å². The largest absolute Gasteiger partial charge is 0.319 e. The Hall–Kier alpha value is -2.59. The summed E-state index contributed by atoms with van der Waals surface area (Å²) in [5, 5.41) is 7.83. The Labute approximate surface area is 139 Å². The van der Waals surface area contributed by atoms with E-state index in [-0.39, 0.29) is 5.91 Å². The van der Waals surface area contributed by atoms with Crippen molar-refractivity contribution < 1.29 is 4.79 Å². The van der Waals surface area contributed by atoms with Gasteiger partial charge in [0.15, 0.2) is 0 Å². The molecule has 0 aliphatic rings. The lowest BCUT2D eigenvalue weighted by atomic mass is 10.1. The van der Waals surface area contributed by atoms with Gasteiger partial charge in [0.25, 0.3) is 5.91 Å². The van der Waals surface area contributed by atoms with Crippen molar-refractivity contribution in [1.29, 1.82) is 0 Å². The quantitative estimate of drug-likeness (QED) is 0.783. The summed E-state index contributed by atoms with van der Waals surface area (Å²) in [5.74, 6) is -0.139. The average molecular weight is 326 g/mol. The molecule has 0 saturated heterocycles. The lowest BCUT2D eigenvalue weighted by Gasteiger charge is -2.04. The highest BCUT2D eigenvalue weighted by molar-refractivity contribution is 6.30. The molecular formula is C18H16ClN3O. The second-order valence-corrected chi connectivity index (χ2v) is 5.81. The van der Waals surface area contributed by atoms with E-state index >= 15 is 0 Å². The van der Waals surface area contributed by atoms with Gasteiger partial charge in [-0.25, -0.2) is 0 Å². The molecule has 0 atom stereocenters. The van der Waals surface area contributed by atoms with Crippen LogP contribution in [0, 0.1) is 6.92 Å². The van der Waals surface area contributed by atoms with Crippen LogP contribution in [-0.2, 0) is 6.54 Å². The van der Waals surface area contributed by atoms with Gasteiger partial charge in [0.1, 0.15) is 0 Å². The first-order valence-electron chi connectivity index (χ1n) is 7.25. The van der Waals surface area contributed by atoms with Crippen LogP contribution in [0.5, 0.6) is 0 Å². The zero-order valence-electron chi connectivity index (χ0n) is 12.7. The fraction of sp³-hybridized carbons (Fsp3) is 0.111. The first-order valence-corrected chi connectivity index (χ1v) is 7.63. The van der Waals surface area contributed by atoms with Gasteiger partial charge in [-0.15, -0.1) is 0 Å². The molecule has 23 heavy (non-hydrogen) atoms. The summed E-state index contributed by atoms with van der Waals surface area (Å²) in [6.07, 6.45) is 3.45. The number of hydrogen-bond donors (Lipinski definition) is 1. The molecule has 0 saturated carbocycles. The molecule has 5 heteroatoms. The van der Waals surface area contributed by atoms with Gasteiger partial charge in [0.05, 0.1) is 18.4 Å². The molecule has 4 nitrogen and oxygen atoms in total. The SMILES string of the molecule is Cc1cccc(C(=O)Nc2cnn(Cc3ccc(Cl)cc3)c2)c1. The number of hydrogen-bond acceptors (Lipinski definition) is 2. The number of carbonyl (C=O) groups excluding carboxylic acids is 1. The van der Waals surface area contributed by atoms with E-state index in [0.29, 0.717) is 22.8 Å². The molecule has 1 N–H and O–H groups in total. The molecule has 1 heterocycles. The molecule has 0 bridgehead atoms. The highest BCUT2D eigenvalue weighted by Gasteiger charge is 2.07. The summed E-state index contributed by atoms with van der Waals surface area (Å²) in [4.78, 5) is 12.2. The standard InChI is InChI=1S/C18H16ClN3O/c1-13-3-2-4-15(9-13)18(23)21-17-10-20-22(12-17)11-14-5-7-16(19)8-6-14/h2-10,12H,11H2,1H3,(H,21,23). The number of nitrogens with zero attached hydrogens (tertiary/aromatic N) is 2. The molecule has 2 aromatic carbocycles. The number of amides is 1. The van der Waals surface area contributed by atoms with Crippen molar-refractivity contribution in [2.24, 2.45) is 0 Å². The minimum absolute atomic E-state index is 0.139. The van der Waals surface area contributed by atoms with Crippen LogP contribution in [0.2, 0.25) is 5.02 Å². The molecule has 0 fully saturated rings. The molecule has 0 aliphatic heterocycles. The van der Waals surface area contributed by atoms with E-state index in [1.807, 2.05) is 55.6 Å². The number of anilines is 1. The summed E-state index contributed by atoms with van der Waals surface area (Å²) < 4.78 is 1.77. The second-order valence-electron chi connectivity index (χ2n) is 5.38. The minimum Gasteiger partial charge on any atom is -0.319 e. The van der Waals surface area contributed by atoms with Gasteiger partial charge in [-0.3, -0.25) is 9.48 Å². The molecule has 1 amide bonds. The van der Waals surface area contributed by atoms with Crippen LogP contribution >= 0.6 is 11.6 Å². The Morgan fingerprint density at radius 3 is 2.74 bits per heavy atom. The first-order chi connectivity index (χ1) is 11.1. The molecule has 0 spiro atoms. The third-order valence-electron chi connectivity index (χ3n) is 3.43. The molecule has 3 aromatic rings. The predicted octanol–water partition coefficient (Wildman–Crippen LogP) is 4.15. The summed E-state index contributed by atoms with van der Waals surface area (Å²) in [7, 11) is 0. The number of aromatic nitrogens is 2. The Morgan fingerprint density at radius 1 is 1.22 bits per heavy atom. The number of benzene rings is 2. The third kappa shape index (κ3) is 3.99. The topological polar surface area (TPSA) is 46.9 Å². The van der Waals surface area contributed by atoms with Gasteiger partial charge >= 0.3 is 0 Å². The fourth-order valence-electron chi connectivity index (χ4n) is 2.28. The van der Waals surface area contributed by atoms with E-state index in [9.17, 15) is 4.79 Å². The van der Waals surface area contributed by atoms with Crippen molar-refractivity contribution in [3.05, 3.63) is 82.6 Å².